The van der Waals surface area contributed by atoms with Crippen molar-refractivity contribution in [2.24, 2.45) is 0 Å². The zero-order chi connectivity index (χ0) is 16.9. The molecule has 0 radical (unpaired) electrons. The molecule has 0 saturated carbocycles. The van der Waals surface area contributed by atoms with Crippen molar-refractivity contribution < 1.29 is 10.6 Å². The molecule has 3 nitrogen and oxygen atoms in total. The Bertz CT molecular complexity index is 884. The Morgan fingerprint density at radius 1 is 1.12 bits per heavy atom. The molecule has 1 N–H and O–H groups in total. The van der Waals surface area contributed by atoms with E-state index in [0.29, 0.717) is 6.61 Å². The third-order valence-corrected chi connectivity index (χ3v) is 4.65. The van der Waals surface area contributed by atoms with E-state index in [0.717, 1.165) is 29.8 Å². The first-order valence-corrected chi connectivity index (χ1v) is 8.98. The predicted molar refractivity (Wildman–Crippen MR) is 104 cm³/mol. The molecule has 0 unspecified atom stereocenters. The predicted octanol–water partition coefficient (Wildman–Crippen LogP) is 5.41. The van der Waals surface area contributed by atoms with Crippen LogP contribution in [0.2, 0.25) is 0 Å². The zero-order valence-electron chi connectivity index (χ0n) is 14.3. The summed E-state index contributed by atoms with van der Waals surface area (Å²) < 4.78 is 11.3. The summed E-state index contributed by atoms with van der Waals surface area (Å²) in [7, 11) is 0. The molecule has 0 aliphatic heterocycles. The van der Waals surface area contributed by atoms with Crippen LogP contribution >= 0.6 is 0 Å². The second-order valence-corrected chi connectivity index (χ2v) is 6.44. The monoisotopic (exact) mass is 335 g/mol. The van der Waals surface area contributed by atoms with E-state index in [1.807, 2.05) is 24.3 Å². The lowest BCUT2D eigenvalue weighted by Crippen LogP contribution is -2.20. The maximum atomic E-state index is 5.86. The molecule has 2 aromatic carbocycles. The topological polar surface area (TPSA) is 34.4 Å². The molecule has 0 fully saturated rings. The van der Waals surface area contributed by atoms with Crippen LogP contribution in [0.1, 0.15) is 31.8 Å². The molecule has 1 aromatic heterocycles. The van der Waals surface area contributed by atoms with Crippen molar-refractivity contribution in [3.63, 3.8) is 0 Å². The third-order valence-electron chi connectivity index (χ3n) is 4.65. The normalized spacial score (nSPS) is 14.0. The zero-order valence-corrected chi connectivity index (χ0v) is 14.3. The van der Waals surface area contributed by atoms with Crippen molar-refractivity contribution >= 4 is 16.5 Å². The van der Waals surface area contributed by atoms with Crippen LogP contribution in [0.5, 0.6) is 5.75 Å². The van der Waals surface area contributed by atoms with Crippen LogP contribution in [-0.2, 0) is 6.54 Å². The van der Waals surface area contributed by atoms with Crippen molar-refractivity contribution in [1.82, 2.24) is 5.32 Å². The standard InChI is InChI=1S/C22H23NO2.H2/c1-2-7-18(6-1)20-9-3-5-17(15-20)16-23-12-14-24-21-10-4-8-19-11-13-25-22(19)21;/h3-6,8-11,13,15,23H,1-2,7,12,14,16H2;1H. The molecule has 0 saturated heterocycles. The van der Waals surface area contributed by atoms with Crippen LogP contribution in [0, 0.1) is 0 Å². The highest BCUT2D eigenvalue weighted by Gasteiger charge is 2.07. The van der Waals surface area contributed by atoms with E-state index >= 15 is 0 Å². The summed E-state index contributed by atoms with van der Waals surface area (Å²) in [6, 6.07) is 16.8. The van der Waals surface area contributed by atoms with E-state index in [4.69, 9.17) is 9.15 Å². The molecular weight excluding hydrogens is 310 g/mol. The molecule has 4 rings (SSSR count). The Labute approximate surface area is 149 Å². The number of hydrogen-bond donors (Lipinski definition) is 1. The Kier molecular flexibility index (Phi) is 4.84. The molecule has 1 aliphatic carbocycles. The fourth-order valence-corrected chi connectivity index (χ4v) is 3.36. The molecule has 0 atom stereocenters. The summed E-state index contributed by atoms with van der Waals surface area (Å²) in [6.45, 7) is 2.27. The first kappa shape index (κ1) is 16.0. The summed E-state index contributed by atoms with van der Waals surface area (Å²) in [5.74, 6) is 0.805. The van der Waals surface area contributed by atoms with Crippen LogP contribution in [0.3, 0.4) is 0 Å². The molecule has 0 spiro atoms. The first-order chi connectivity index (χ1) is 12.4. The number of furan rings is 1. The lowest BCUT2D eigenvalue weighted by molar-refractivity contribution is 0.312. The van der Waals surface area contributed by atoms with Gasteiger partial charge in [0.1, 0.15) is 6.61 Å². The molecule has 0 bridgehead atoms. The molecule has 3 aromatic rings. The van der Waals surface area contributed by atoms with Crippen LogP contribution in [0.15, 0.2) is 65.3 Å². The van der Waals surface area contributed by atoms with E-state index in [1.165, 1.54) is 36.0 Å². The minimum Gasteiger partial charge on any atom is -0.488 e. The number of allylic oxidation sites excluding steroid dienone is 2. The quantitative estimate of drug-likeness (QED) is 0.586. The number of ether oxygens (including phenoxy) is 1. The van der Waals surface area contributed by atoms with Gasteiger partial charge in [-0.25, -0.2) is 0 Å². The molecule has 130 valence electrons. The van der Waals surface area contributed by atoms with Gasteiger partial charge in [-0.15, -0.1) is 0 Å². The molecule has 3 heteroatoms. The summed E-state index contributed by atoms with van der Waals surface area (Å²) in [6.07, 6.45) is 7.79. The van der Waals surface area contributed by atoms with Gasteiger partial charge >= 0.3 is 0 Å². The summed E-state index contributed by atoms with van der Waals surface area (Å²) in [4.78, 5) is 0. The van der Waals surface area contributed by atoms with E-state index in [-0.39, 0.29) is 1.43 Å². The molecule has 25 heavy (non-hydrogen) atoms. The van der Waals surface area contributed by atoms with Crippen LogP contribution in [-0.4, -0.2) is 13.2 Å². The van der Waals surface area contributed by atoms with E-state index in [9.17, 15) is 0 Å². The SMILES string of the molecule is C1=C(c2cccc(CNCCOc3cccc4ccoc34)c2)CCC1.[HH]. The number of benzene rings is 2. The fraction of sp³-hybridized carbons (Fsp3) is 0.273. The minimum absolute atomic E-state index is 0. The van der Waals surface area contributed by atoms with Gasteiger partial charge in [-0.2, -0.15) is 0 Å². The van der Waals surface area contributed by atoms with Gasteiger partial charge in [-0.1, -0.05) is 42.5 Å². The minimum atomic E-state index is 0. The first-order valence-electron chi connectivity index (χ1n) is 8.98. The Morgan fingerprint density at radius 3 is 3.00 bits per heavy atom. The largest absolute Gasteiger partial charge is 0.488 e. The van der Waals surface area contributed by atoms with Gasteiger partial charge in [0.2, 0.25) is 0 Å². The smallest absolute Gasteiger partial charge is 0.175 e. The van der Waals surface area contributed by atoms with Crippen LogP contribution in [0.25, 0.3) is 16.5 Å². The number of hydrogen-bond acceptors (Lipinski definition) is 3. The highest BCUT2D eigenvalue weighted by atomic mass is 16.5. The number of rotatable bonds is 7. The lowest BCUT2D eigenvalue weighted by Gasteiger charge is -2.09. The molecular formula is C22H25NO2. The summed E-state index contributed by atoms with van der Waals surface area (Å²) in [5.41, 5.74) is 5.01. The second kappa shape index (κ2) is 7.58. The van der Waals surface area contributed by atoms with E-state index in [1.54, 1.807) is 6.26 Å². The molecule has 1 heterocycles. The van der Waals surface area contributed by atoms with Gasteiger partial charge in [0, 0.05) is 19.9 Å². The fourth-order valence-electron chi connectivity index (χ4n) is 3.36. The van der Waals surface area contributed by atoms with E-state index in [2.05, 4.69) is 35.7 Å². The average molecular weight is 335 g/mol. The molecule has 1 aliphatic rings. The Morgan fingerprint density at radius 2 is 2.08 bits per heavy atom. The van der Waals surface area contributed by atoms with Crippen molar-refractivity contribution in [3.8, 4) is 5.75 Å². The maximum Gasteiger partial charge on any atom is 0.175 e. The number of para-hydroxylation sites is 1. The van der Waals surface area contributed by atoms with Crippen LogP contribution in [0.4, 0.5) is 0 Å². The Balaban J connectivity index is 0.00000196. The number of nitrogens with one attached hydrogen (secondary N) is 1. The third kappa shape index (κ3) is 3.77. The van der Waals surface area contributed by atoms with Gasteiger partial charge in [0.25, 0.3) is 0 Å². The number of fused-ring (bicyclic) bond motifs is 1. The second-order valence-electron chi connectivity index (χ2n) is 6.44. The highest BCUT2D eigenvalue weighted by Crippen LogP contribution is 2.28. The summed E-state index contributed by atoms with van der Waals surface area (Å²) >= 11 is 0. The van der Waals surface area contributed by atoms with E-state index < -0.39 is 0 Å². The Hall–Kier alpha value is -2.52. The van der Waals surface area contributed by atoms with Gasteiger partial charge in [-0.3, -0.25) is 0 Å². The molecule has 0 amide bonds. The van der Waals surface area contributed by atoms with Gasteiger partial charge in [0.05, 0.1) is 6.26 Å². The van der Waals surface area contributed by atoms with Gasteiger partial charge < -0.3 is 14.5 Å². The average Bonchev–Trinajstić information content (AvgIpc) is 3.33. The van der Waals surface area contributed by atoms with Gasteiger partial charge in [-0.05, 0) is 48.1 Å². The maximum absolute atomic E-state index is 5.86. The van der Waals surface area contributed by atoms with Crippen molar-refractivity contribution in [1.29, 1.82) is 0 Å². The van der Waals surface area contributed by atoms with Crippen LogP contribution < -0.4 is 10.1 Å². The highest BCUT2D eigenvalue weighted by molar-refractivity contribution is 5.82. The summed E-state index contributed by atoms with van der Waals surface area (Å²) in [5, 5.41) is 4.53. The van der Waals surface area contributed by atoms with Crippen molar-refractivity contribution in [2.45, 2.75) is 25.8 Å². The van der Waals surface area contributed by atoms with Crippen molar-refractivity contribution in [3.05, 3.63) is 72.0 Å². The van der Waals surface area contributed by atoms with Crippen molar-refractivity contribution in [2.75, 3.05) is 13.2 Å². The van der Waals surface area contributed by atoms with Gasteiger partial charge in [0.15, 0.2) is 11.3 Å². The lowest BCUT2D eigenvalue weighted by atomic mass is 10.0.